The lowest BCUT2D eigenvalue weighted by Crippen LogP contribution is -2.46. The maximum atomic E-state index is 12.7. The van der Waals surface area contributed by atoms with Crippen LogP contribution in [0.15, 0.2) is 36.6 Å². The van der Waals surface area contributed by atoms with Crippen LogP contribution in [0.2, 0.25) is 0 Å². The first-order valence-electron chi connectivity index (χ1n) is 7.91. The average molecular weight is 337 g/mol. The van der Waals surface area contributed by atoms with Crippen LogP contribution < -0.4 is 0 Å². The van der Waals surface area contributed by atoms with Gasteiger partial charge in [0.25, 0.3) is 0 Å². The van der Waals surface area contributed by atoms with Gasteiger partial charge in [0.15, 0.2) is 5.41 Å². The summed E-state index contributed by atoms with van der Waals surface area (Å²) in [5.41, 5.74) is -1.62. The number of rotatable bonds is 9. The van der Waals surface area contributed by atoms with Gasteiger partial charge in [-0.25, -0.2) is 0 Å². The molecule has 0 aromatic heterocycles. The summed E-state index contributed by atoms with van der Waals surface area (Å²) < 4.78 is 10.2. The van der Waals surface area contributed by atoms with Crippen LogP contribution in [-0.2, 0) is 19.1 Å². The van der Waals surface area contributed by atoms with Crippen molar-refractivity contribution in [3.05, 3.63) is 46.7 Å². The molecule has 1 atom stereocenters. The molecule has 0 saturated carbocycles. The largest absolute Gasteiger partial charge is 0.465 e. The van der Waals surface area contributed by atoms with Gasteiger partial charge in [0.2, 0.25) is 5.70 Å². The van der Waals surface area contributed by atoms with E-state index in [9.17, 15) is 19.7 Å². The number of carbonyl (C=O) groups excluding carboxylic acids is 2. The van der Waals surface area contributed by atoms with Crippen LogP contribution in [0.4, 0.5) is 0 Å². The fourth-order valence-corrected chi connectivity index (χ4v) is 2.82. The van der Waals surface area contributed by atoms with Gasteiger partial charge < -0.3 is 9.47 Å². The Morgan fingerprint density at radius 1 is 1.38 bits per heavy atom. The second kappa shape index (κ2) is 9.00. The van der Waals surface area contributed by atoms with Crippen LogP contribution in [0.5, 0.6) is 0 Å². The van der Waals surface area contributed by atoms with Gasteiger partial charge in [0.05, 0.1) is 18.1 Å². The number of nitro groups is 1. The monoisotopic (exact) mass is 337 g/mol. The molecule has 1 aliphatic rings. The molecule has 0 aliphatic heterocycles. The summed E-state index contributed by atoms with van der Waals surface area (Å²) in [6.45, 7) is 7.04. The summed E-state index contributed by atoms with van der Waals surface area (Å²) in [5, 5.41) is 11.0. The smallest absolute Gasteiger partial charge is 0.324 e. The Hall–Kier alpha value is -2.44. The summed E-state index contributed by atoms with van der Waals surface area (Å²) in [5.74, 6) is -2.09. The zero-order chi connectivity index (χ0) is 18.2. The van der Waals surface area contributed by atoms with Gasteiger partial charge >= 0.3 is 11.9 Å². The SMILES string of the molecule is C=C/C=C/CC(C(=O)OCC)(C(=O)OCC)C1C=C([N+](=O)[O-])CC1. The van der Waals surface area contributed by atoms with Gasteiger partial charge in [0.1, 0.15) is 0 Å². The minimum atomic E-state index is -1.62. The topological polar surface area (TPSA) is 95.7 Å². The highest BCUT2D eigenvalue weighted by atomic mass is 16.6. The fourth-order valence-electron chi connectivity index (χ4n) is 2.82. The Morgan fingerprint density at radius 3 is 2.38 bits per heavy atom. The molecule has 0 saturated heterocycles. The van der Waals surface area contributed by atoms with Crippen LogP contribution in [-0.4, -0.2) is 30.1 Å². The van der Waals surface area contributed by atoms with E-state index < -0.39 is 28.2 Å². The van der Waals surface area contributed by atoms with E-state index in [0.29, 0.717) is 6.42 Å². The maximum Gasteiger partial charge on any atom is 0.324 e. The molecule has 0 bridgehead atoms. The second-order valence-electron chi connectivity index (χ2n) is 5.34. The lowest BCUT2D eigenvalue weighted by atomic mass is 9.72. The van der Waals surface area contributed by atoms with Crippen molar-refractivity contribution in [3.63, 3.8) is 0 Å². The number of hydrogen-bond donors (Lipinski definition) is 0. The Morgan fingerprint density at radius 2 is 1.96 bits per heavy atom. The molecule has 1 rings (SSSR count). The Kier molecular flexibility index (Phi) is 7.35. The third-order valence-electron chi connectivity index (χ3n) is 3.96. The van der Waals surface area contributed by atoms with E-state index in [-0.39, 0.29) is 31.8 Å². The molecule has 24 heavy (non-hydrogen) atoms. The van der Waals surface area contributed by atoms with Gasteiger partial charge in [-0.2, -0.15) is 0 Å². The van der Waals surface area contributed by atoms with Gasteiger partial charge in [-0.1, -0.05) is 24.8 Å². The van der Waals surface area contributed by atoms with Crippen LogP contribution in [0, 0.1) is 21.4 Å². The summed E-state index contributed by atoms with van der Waals surface area (Å²) in [4.78, 5) is 35.8. The minimum Gasteiger partial charge on any atom is -0.465 e. The molecule has 0 fully saturated rings. The van der Waals surface area contributed by atoms with Gasteiger partial charge in [-0.15, -0.1) is 0 Å². The number of nitrogens with zero attached hydrogens (tertiary/aromatic N) is 1. The molecule has 0 heterocycles. The zero-order valence-electron chi connectivity index (χ0n) is 14.0. The van der Waals surface area contributed by atoms with Crippen molar-refractivity contribution in [2.75, 3.05) is 13.2 Å². The number of hydrogen-bond acceptors (Lipinski definition) is 6. The molecule has 132 valence electrons. The van der Waals surface area contributed by atoms with Crippen LogP contribution in [0.3, 0.4) is 0 Å². The van der Waals surface area contributed by atoms with Crippen LogP contribution >= 0.6 is 0 Å². The highest BCUT2D eigenvalue weighted by Gasteiger charge is 2.55. The predicted molar refractivity (Wildman–Crippen MR) is 87.5 cm³/mol. The summed E-state index contributed by atoms with van der Waals surface area (Å²) in [7, 11) is 0. The normalized spacial score (nSPS) is 17.4. The van der Waals surface area contributed by atoms with Gasteiger partial charge in [0, 0.05) is 12.3 Å². The van der Waals surface area contributed by atoms with Crippen molar-refractivity contribution in [1.29, 1.82) is 0 Å². The Balaban J connectivity index is 3.36. The van der Waals surface area contributed by atoms with Crippen molar-refractivity contribution < 1.29 is 24.0 Å². The quantitative estimate of drug-likeness (QED) is 0.211. The molecule has 0 N–H and O–H groups in total. The third-order valence-corrected chi connectivity index (χ3v) is 3.96. The standard InChI is InChI=1S/C17H23NO6/c1-4-7-8-11-17(15(19)23-5-2,16(20)24-6-3)13-9-10-14(12-13)18(21)22/h4,7-8,12-13H,1,5-6,9-11H2,2-3H3/b8-7+. The van der Waals surface area contributed by atoms with E-state index >= 15 is 0 Å². The summed E-state index contributed by atoms with van der Waals surface area (Å²) in [6, 6.07) is 0. The van der Waals surface area contributed by atoms with Gasteiger partial charge in [-0.05, 0) is 32.8 Å². The third kappa shape index (κ3) is 4.10. The minimum absolute atomic E-state index is 0.00525. The molecule has 1 aliphatic carbocycles. The van der Waals surface area contributed by atoms with E-state index in [2.05, 4.69) is 6.58 Å². The van der Waals surface area contributed by atoms with E-state index in [4.69, 9.17) is 9.47 Å². The van der Waals surface area contributed by atoms with Crippen molar-refractivity contribution >= 4 is 11.9 Å². The highest BCUT2D eigenvalue weighted by Crippen LogP contribution is 2.43. The lowest BCUT2D eigenvalue weighted by molar-refractivity contribution is -0.426. The van der Waals surface area contributed by atoms with Crippen molar-refractivity contribution in [3.8, 4) is 0 Å². The van der Waals surface area contributed by atoms with Crippen LogP contribution in [0.25, 0.3) is 0 Å². The molecule has 0 spiro atoms. The van der Waals surface area contributed by atoms with E-state index in [0.717, 1.165) is 0 Å². The molecule has 7 heteroatoms. The first kappa shape index (κ1) is 19.6. The van der Waals surface area contributed by atoms with Gasteiger partial charge in [-0.3, -0.25) is 19.7 Å². The highest BCUT2D eigenvalue weighted by molar-refractivity contribution is 6.01. The maximum absolute atomic E-state index is 12.7. The van der Waals surface area contributed by atoms with Crippen molar-refractivity contribution in [1.82, 2.24) is 0 Å². The molecular weight excluding hydrogens is 314 g/mol. The first-order valence-corrected chi connectivity index (χ1v) is 7.91. The van der Waals surface area contributed by atoms with E-state index in [1.54, 1.807) is 26.0 Å². The Labute approximate surface area is 141 Å². The van der Waals surface area contributed by atoms with Crippen molar-refractivity contribution in [2.24, 2.45) is 11.3 Å². The first-order chi connectivity index (χ1) is 11.4. The van der Waals surface area contributed by atoms with E-state index in [1.165, 1.54) is 12.2 Å². The van der Waals surface area contributed by atoms with Crippen LogP contribution in [0.1, 0.15) is 33.1 Å². The fraction of sp³-hybridized carbons (Fsp3) is 0.529. The molecule has 0 aromatic carbocycles. The predicted octanol–water partition coefficient (Wildman–Crippen LogP) is 2.80. The molecule has 0 aromatic rings. The molecular formula is C17H23NO6. The molecule has 7 nitrogen and oxygen atoms in total. The summed E-state index contributed by atoms with van der Waals surface area (Å²) in [6.07, 6.45) is 6.69. The Bertz CT molecular complexity index is 545. The lowest BCUT2D eigenvalue weighted by Gasteiger charge is -2.32. The number of carbonyl (C=O) groups is 2. The molecule has 0 amide bonds. The second-order valence-corrected chi connectivity index (χ2v) is 5.34. The molecule has 0 radical (unpaired) electrons. The average Bonchev–Trinajstić information content (AvgIpc) is 3.02. The van der Waals surface area contributed by atoms with E-state index in [1.807, 2.05) is 0 Å². The number of allylic oxidation sites excluding steroid dienone is 5. The number of esters is 2. The van der Waals surface area contributed by atoms with Crippen molar-refractivity contribution in [2.45, 2.75) is 33.1 Å². The molecule has 1 unspecified atom stereocenters. The number of ether oxygens (including phenoxy) is 2. The summed E-state index contributed by atoms with van der Waals surface area (Å²) >= 11 is 0. The zero-order valence-corrected chi connectivity index (χ0v) is 14.0.